The van der Waals surface area contributed by atoms with E-state index in [1.807, 2.05) is 55.5 Å². The van der Waals surface area contributed by atoms with E-state index in [4.69, 9.17) is 10.5 Å². The highest BCUT2D eigenvalue weighted by Gasteiger charge is 2.18. The van der Waals surface area contributed by atoms with Gasteiger partial charge in [0.15, 0.2) is 0 Å². The fourth-order valence-corrected chi connectivity index (χ4v) is 3.27. The number of hydrogen-bond acceptors (Lipinski definition) is 3. The highest BCUT2D eigenvalue weighted by molar-refractivity contribution is 5.72. The molecule has 2 atom stereocenters. The molecule has 0 saturated heterocycles. The zero-order valence-electron chi connectivity index (χ0n) is 16.3. The van der Waals surface area contributed by atoms with E-state index in [-0.39, 0.29) is 17.9 Å². The predicted molar refractivity (Wildman–Crippen MR) is 114 cm³/mol. The van der Waals surface area contributed by atoms with Gasteiger partial charge in [-0.15, -0.1) is 0 Å². The molecule has 3 heteroatoms. The lowest BCUT2D eigenvalue weighted by Crippen LogP contribution is -2.29. The van der Waals surface area contributed by atoms with Gasteiger partial charge < -0.3 is 10.5 Å². The number of carbonyl (C=O) groups is 1. The van der Waals surface area contributed by atoms with E-state index >= 15 is 0 Å². The molecular formula is C25H27NO2. The summed E-state index contributed by atoms with van der Waals surface area (Å²) in [6.45, 7) is 2.19. The van der Waals surface area contributed by atoms with Gasteiger partial charge in [0.1, 0.15) is 6.61 Å². The summed E-state index contributed by atoms with van der Waals surface area (Å²) in [5, 5.41) is 0. The molecule has 2 unspecified atom stereocenters. The van der Waals surface area contributed by atoms with Crippen molar-refractivity contribution in [1.82, 2.24) is 0 Å². The molecule has 2 N–H and O–H groups in total. The van der Waals surface area contributed by atoms with E-state index in [1.54, 1.807) is 0 Å². The average molecular weight is 373 g/mol. The second kappa shape index (κ2) is 9.86. The van der Waals surface area contributed by atoms with E-state index in [2.05, 4.69) is 36.4 Å². The van der Waals surface area contributed by atoms with Crippen molar-refractivity contribution < 1.29 is 9.53 Å². The molecule has 144 valence electrons. The Morgan fingerprint density at radius 2 is 1.39 bits per heavy atom. The monoisotopic (exact) mass is 373 g/mol. The van der Waals surface area contributed by atoms with Crippen molar-refractivity contribution in [3.8, 4) is 11.1 Å². The van der Waals surface area contributed by atoms with Crippen LogP contribution < -0.4 is 5.73 Å². The van der Waals surface area contributed by atoms with Gasteiger partial charge in [-0.3, -0.25) is 4.79 Å². The van der Waals surface area contributed by atoms with Crippen LogP contribution in [-0.2, 0) is 22.6 Å². The summed E-state index contributed by atoms with van der Waals surface area (Å²) in [7, 11) is 0. The van der Waals surface area contributed by atoms with Gasteiger partial charge in [-0.1, -0.05) is 91.9 Å². The summed E-state index contributed by atoms with van der Waals surface area (Å²) >= 11 is 0. The van der Waals surface area contributed by atoms with Crippen molar-refractivity contribution in [2.45, 2.75) is 32.4 Å². The normalized spacial score (nSPS) is 12.9. The molecule has 0 fully saturated rings. The van der Waals surface area contributed by atoms with Crippen molar-refractivity contribution in [1.29, 1.82) is 0 Å². The Morgan fingerprint density at radius 1 is 0.821 bits per heavy atom. The Morgan fingerprint density at radius 3 is 2.04 bits per heavy atom. The zero-order valence-corrected chi connectivity index (χ0v) is 16.3. The number of carbonyl (C=O) groups excluding carboxylic acids is 1. The molecule has 0 aliphatic carbocycles. The van der Waals surface area contributed by atoms with Gasteiger partial charge in [0, 0.05) is 6.04 Å². The van der Waals surface area contributed by atoms with Gasteiger partial charge in [0.25, 0.3) is 0 Å². The Kier molecular flexibility index (Phi) is 6.99. The molecule has 0 saturated carbocycles. The molecule has 0 bridgehead atoms. The van der Waals surface area contributed by atoms with E-state index in [9.17, 15) is 4.79 Å². The third-order valence-electron chi connectivity index (χ3n) is 4.84. The minimum absolute atomic E-state index is 0.0816. The van der Waals surface area contributed by atoms with Crippen LogP contribution in [0.2, 0.25) is 0 Å². The van der Waals surface area contributed by atoms with Crippen molar-refractivity contribution >= 4 is 5.97 Å². The maximum Gasteiger partial charge on any atom is 0.309 e. The third-order valence-corrected chi connectivity index (χ3v) is 4.84. The standard InChI is InChI=1S/C25H27NO2/c1-19(25(27)28-18-21-8-4-2-5-9-21)16-24(26)17-20-12-14-23(15-13-20)22-10-6-3-7-11-22/h2-15,19,24H,16-18,26H2,1H3. The van der Waals surface area contributed by atoms with Crippen LogP contribution in [0.15, 0.2) is 84.9 Å². The number of nitrogens with two attached hydrogens (primary N) is 1. The molecule has 3 aromatic carbocycles. The van der Waals surface area contributed by atoms with E-state index in [0.717, 1.165) is 12.0 Å². The first kappa shape index (κ1) is 19.8. The largest absolute Gasteiger partial charge is 0.461 e. The number of ether oxygens (including phenoxy) is 1. The van der Waals surface area contributed by atoms with Gasteiger partial charge >= 0.3 is 5.97 Å². The van der Waals surface area contributed by atoms with E-state index in [1.165, 1.54) is 16.7 Å². The lowest BCUT2D eigenvalue weighted by Gasteiger charge is -2.17. The lowest BCUT2D eigenvalue weighted by molar-refractivity contribution is -0.149. The first-order valence-corrected chi connectivity index (χ1v) is 9.72. The second-order valence-corrected chi connectivity index (χ2v) is 7.26. The Balaban J connectivity index is 1.47. The summed E-state index contributed by atoms with van der Waals surface area (Å²) in [6, 6.07) is 28.4. The first-order chi connectivity index (χ1) is 13.6. The molecule has 0 aliphatic rings. The van der Waals surface area contributed by atoms with Crippen LogP contribution in [0.4, 0.5) is 0 Å². The smallest absolute Gasteiger partial charge is 0.309 e. The van der Waals surface area contributed by atoms with Crippen LogP contribution >= 0.6 is 0 Å². The Bertz CT molecular complexity index is 860. The summed E-state index contributed by atoms with van der Waals surface area (Å²) in [5.74, 6) is -0.416. The third kappa shape index (κ3) is 5.80. The molecule has 0 radical (unpaired) electrons. The Labute approximate surface area is 167 Å². The molecule has 0 heterocycles. The fraction of sp³-hybridized carbons (Fsp3) is 0.240. The molecule has 3 rings (SSSR count). The van der Waals surface area contributed by atoms with Crippen LogP contribution in [0.3, 0.4) is 0 Å². The molecular weight excluding hydrogens is 346 g/mol. The fourth-order valence-electron chi connectivity index (χ4n) is 3.27. The van der Waals surface area contributed by atoms with Gasteiger partial charge in [-0.25, -0.2) is 0 Å². The first-order valence-electron chi connectivity index (χ1n) is 9.72. The predicted octanol–water partition coefficient (Wildman–Crippen LogP) is 4.99. The molecule has 28 heavy (non-hydrogen) atoms. The van der Waals surface area contributed by atoms with Gasteiger partial charge in [-0.05, 0) is 35.1 Å². The van der Waals surface area contributed by atoms with Crippen molar-refractivity contribution in [3.05, 3.63) is 96.1 Å². The summed E-state index contributed by atoms with van der Waals surface area (Å²) < 4.78 is 5.41. The average Bonchev–Trinajstić information content (AvgIpc) is 2.74. The topological polar surface area (TPSA) is 52.3 Å². The van der Waals surface area contributed by atoms with Crippen molar-refractivity contribution in [3.63, 3.8) is 0 Å². The maximum atomic E-state index is 12.2. The maximum absolute atomic E-state index is 12.2. The summed E-state index contributed by atoms with van der Waals surface area (Å²) in [4.78, 5) is 12.2. The van der Waals surface area contributed by atoms with Crippen LogP contribution in [0.25, 0.3) is 11.1 Å². The molecule has 3 aromatic rings. The Hall–Kier alpha value is -2.91. The molecule has 0 amide bonds. The second-order valence-electron chi connectivity index (χ2n) is 7.26. The highest BCUT2D eigenvalue weighted by Crippen LogP contribution is 2.20. The molecule has 0 aliphatic heterocycles. The SMILES string of the molecule is CC(CC(N)Cc1ccc(-c2ccccc2)cc1)C(=O)OCc1ccccc1. The van der Waals surface area contributed by atoms with E-state index < -0.39 is 0 Å². The van der Waals surface area contributed by atoms with Crippen molar-refractivity contribution in [2.75, 3.05) is 0 Å². The van der Waals surface area contributed by atoms with Crippen LogP contribution in [0.5, 0.6) is 0 Å². The minimum atomic E-state index is -0.220. The molecule has 3 nitrogen and oxygen atoms in total. The van der Waals surface area contributed by atoms with Crippen LogP contribution in [-0.4, -0.2) is 12.0 Å². The highest BCUT2D eigenvalue weighted by atomic mass is 16.5. The van der Waals surface area contributed by atoms with E-state index in [0.29, 0.717) is 13.0 Å². The number of rotatable bonds is 8. The van der Waals surface area contributed by atoms with Gasteiger partial charge in [-0.2, -0.15) is 0 Å². The van der Waals surface area contributed by atoms with Gasteiger partial charge in [0.05, 0.1) is 5.92 Å². The number of esters is 1. The van der Waals surface area contributed by atoms with Crippen molar-refractivity contribution in [2.24, 2.45) is 11.7 Å². The number of hydrogen-bond donors (Lipinski definition) is 1. The van der Waals surface area contributed by atoms with Gasteiger partial charge in [0.2, 0.25) is 0 Å². The number of benzene rings is 3. The van der Waals surface area contributed by atoms with Crippen LogP contribution in [0.1, 0.15) is 24.5 Å². The molecule has 0 spiro atoms. The molecule has 0 aromatic heterocycles. The quantitative estimate of drug-likeness (QED) is 0.566. The van der Waals surface area contributed by atoms with Crippen LogP contribution in [0, 0.1) is 5.92 Å². The lowest BCUT2D eigenvalue weighted by atomic mass is 9.95. The summed E-state index contributed by atoms with van der Waals surface area (Å²) in [5.41, 5.74) is 10.9. The zero-order chi connectivity index (χ0) is 19.8. The summed E-state index contributed by atoms with van der Waals surface area (Å²) in [6.07, 6.45) is 1.35. The minimum Gasteiger partial charge on any atom is -0.461 e.